The molecule has 0 bridgehead atoms. The topological polar surface area (TPSA) is 91.8 Å². The van der Waals surface area contributed by atoms with Gasteiger partial charge in [0.2, 0.25) is 5.88 Å². The zero-order chi connectivity index (χ0) is 22.1. The molecule has 7 nitrogen and oxygen atoms in total. The summed E-state index contributed by atoms with van der Waals surface area (Å²) >= 11 is 0. The van der Waals surface area contributed by atoms with Crippen LogP contribution in [0.1, 0.15) is 51.4 Å². The van der Waals surface area contributed by atoms with Crippen molar-refractivity contribution < 1.29 is 28.6 Å². The minimum atomic E-state index is -0.517. The van der Waals surface area contributed by atoms with Crippen LogP contribution in [0.5, 0.6) is 5.88 Å². The number of aromatic nitrogens is 1. The van der Waals surface area contributed by atoms with Crippen LogP contribution in [0.15, 0.2) is 37.1 Å². The van der Waals surface area contributed by atoms with Crippen LogP contribution in [0.25, 0.3) is 0 Å². The maximum atomic E-state index is 12.4. The second-order valence-electron chi connectivity index (χ2n) is 8.35. The molecule has 0 amide bonds. The summed E-state index contributed by atoms with van der Waals surface area (Å²) in [4.78, 5) is 39.6. The van der Waals surface area contributed by atoms with Crippen molar-refractivity contribution in [3.05, 3.63) is 37.1 Å². The number of rotatable bonds is 8. The predicted molar refractivity (Wildman–Crippen MR) is 113 cm³/mol. The van der Waals surface area contributed by atoms with E-state index < -0.39 is 5.97 Å². The molecule has 0 aromatic carbocycles. The zero-order valence-electron chi connectivity index (χ0n) is 17.9. The fourth-order valence-electron chi connectivity index (χ4n) is 4.71. The van der Waals surface area contributed by atoms with Gasteiger partial charge in [-0.1, -0.05) is 12.6 Å². The Kier molecular flexibility index (Phi) is 8.62. The van der Waals surface area contributed by atoms with Gasteiger partial charge in [0.15, 0.2) is 0 Å². The van der Waals surface area contributed by atoms with Crippen molar-refractivity contribution in [2.75, 3.05) is 13.2 Å². The number of carbonyl (C=O) groups excluding carboxylic acids is 3. The number of nitrogens with zero attached hydrogens (tertiary/aromatic N) is 1. The molecule has 0 saturated heterocycles. The smallest absolute Gasteiger partial charge is 0.330 e. The van der Waals surface area contributed by atoms with Gasteiger partial charge in [-0.3, -0.25) is 9.59 Å². The first-order valence-electron chi connectivity index (χ1n) is 11.2. The van der Waals surface area contributed by atoms with E-state index in [0.29, 0.717) is 17.7 Å². The largest absolute Gasteiger partial charge is 0.462 e. The molecule has 0 aliphatic heterocycles. The second-order valence-corrected chi connectivity index (χ2v) is 8.35. The van der Waals surface area contributed by atoms with Crippen molar-refractivity contribution >= 4 is 17.9 Å². The SMILES string of the molecule is C=CC(=O)OCCOC(=O)C1CCC(C2CCC(C(=O)Oc3ccccn3)CC2)CC1. The molecular formula is C24H31NO6. The Morgan fingerprint density at radius 2 is 1.45 bits per heavy atom. The third-order valence-electron chi connectivity index (χ3n) is 6.46. The molecule has 0 atom stereocenters. The summed E-state index contributed by atoms with van der Waals surface area (Å²) < 4.78 is 15.5. The van der Waals surface area contributed by atoms with E-state index in [1.165, 1.54) is 0 Å². The highest BCUT2D eigenvalue weighted by Crippen LogP contribution is 2.41. The average Bonchev–Trinajstić information content (AvgIpc) is 2.82. The van der Waals surface area contributed by atoms with E-state index in [9.17, 15) is 14.4 Å². The summed E-state index contributed by atoms with van der Waals surface area (Å²) in [6.45, 7) is 3.45. The Hall–Kier alpha value is -2.70. The first-order valence-corrected chi connectivity index (χ1v) is 11.2. The van der Waals surface area contributed by atoms with Crippen LogP contribution in [0.2, 0.25) is 0 Å². The first kappa shape index (κ1) is 23.0. The maximum Gasteiger partial charge on any atom is 0.330 e. The fraction of sp³-hybridized carbons (Fsp3) is 0.583. The van der Waals surface area contributed by atoms with Gasteiger partial charge in [-0.05, 0) is 69.3 Å². The molecule has 168 valence electrons. The van der Waals surface area contributed by atoms with Crippen molar-refractivity contribution in [3.63, 3.8) is 0 Å². The molecule has 2 saturated carbocycles. The molecular weight excluding hydrogens is 398 g/mol. The van der Waals surface area contributed by atoms with Gasteiger partial charge < -0.3 is 14.2 Å². The number of carbonyl (C=O) groups is 3. The van der Waals surface area contributed by atoms with E-state index in [4.69, 9.17) is 14.2 Å². The summed E-state index contributed by atoms with van der Waals surface area (Å²) in [5.41, 5.74) is 0. The highest BCUT2D eigenvalue weighted by atomic mass is 16.6. The van der Waals surface area contributed by atoms with Crippen LogP contribution in [-0.2, 0) is 23.9 Å². The summed E-state index contributed by atoms with van der Waals surface area (Å²) in [6, 6.07) is 5.29. The number of hydrogen-bond acceptors (Lipinski definition) is 7. The van der Waals surface area contributed by atoms with E-state index in [0.717, 1.165) is 57.4 Å². The Balaban J connectivity index is 1.33. The third-order valence-corrected chi connectivity index (χ3v) is 6.46. The van der Waals surface area contributed by atoms with Gasteiger partial charge in [0.1, 0.15) is 13.2 Å². The fourth-order valence-corrected chi connectivity index (χ4v) is 4.71. The van der Waals surface area contributed by atoms with Crippen LogP contribution in [0.4, 0.5) is 0 Å². The van der Waals surface area contributed by atoms with Crippen LogP contribution in [-0.4, -0.2) is 36.1 Å². The quantitative estimate of drug-likeness (QED) is 0.352. The average molecular weight is 430 g/mol. The van der Waals surface area contributed by atoms with Crippen molar-refractivity contribution in [2.45, 2.75) is 51.4 Å². The summed E-state index contributed by atoms with van der Waals surface area (Å²) in [5, 5.41) is 0. The zero-order valence-corrected chi connectivity index (χ0v) is 17.9. The maximum absolute atomic E-state index is 12.4. The van der Waals surface area contributed by atoms with E-state index in [-0.39, 0.29) is 37.0 Å². The van der Waals surface area contributed by atoms with Gasteiger partial charge in [0.05, 0.1) is 11.8 Å². The molecule has 7 heteroatoms. The minimum absolute atomic E-state index is 0.0535. The van der Waals surface area contributed by atoms with Crippen LogP contribution in [0, 0.1) is 23.7 Å². The first-order chi connectivity index (χ1) is 15.1. The van der Waals surface area contributed by atoms with Gasteiger partial charge in [0, 0.05) is 18.3 Å². The summed E-state index contributed by atoms with van der Waals surface area (Å²) in [6.07, 6.45) is 10.1. The standard InChI is InChI=1S/C24H31NO6/c1-2-22(26)29-15-16-30-23(27)19-10-6-17(7-11-19)18-8-12-20(13-9-18)24(28)31-21-5-3-4-14-25-21/h2-5,14,17-20H,1,6-13,15-16H2. The molecule has 2 aliphatic carbocycles. The van der Waals surface area contributed by atoms with Crippen LogP contribution < -0.4 is 4.74 Å². The number of ether oxygens (including phenoxy) is 3. The minimum Gasteiger partial charge on any atom is -0.462 e. The third kappa shape index (κ3) is 6.91. The second kappa shape index (κ2) is 11.6. The normalized spacial score (nSPS) is 25.8. The number of esters is 3. The molecule has 2 aliphatic rings. The van der Waals surface area contributed by atoms with Gasteiger partial charge in [-0.25, -0.2) is 9.78 Å². The van der Waals surface area contributed by atoms with E-state index >= 15 is 0 Å². The van der Waals surface area contributed by atoms with Crippen LogP contribution in [0.3, 0.4) is 0 Å². The Morgan fingerprint density at radius 1 is 0.871 bits per heavy atom. The van der Waals surface area contributed by atoms with Gasteiger partial charge >= 0.3 is 17.9 Å². The van der Waals surface area contributed by atoms with Gasteiger partial charge in [0.25, 0.3) is 0 Å². The van der Waals surface area contributed by atoms with E-state index in [1.54, 1.807) is 24.4 Å². The lowest BCUT2D eigenvalue weighted by atomic mass is 9.69. The van der Waals surface area contributed by atoms with Crippen LogP contribution >= 0.6 is 0 Å². The van der Waals surface area contributed by atoms with Crippen molar-refractivity contribution in [2.24, 2.45) is 23.7 Å². The Labute approximate surface area is 183 Å². The van der Waals surface area contributed by atoms with Gasteiger partial charge in [-0.15, -0.1) is 0 Å². The molecule has 0 radical (unpaired) electrons. The lowest BCUT2D eigenvalue weighted by Crippen LogP contribution is -2.31. The monoisotopic (exact) mass is 429 g/mol. The predicted octanol–water partition coefficient (Wildman–Crippen LogP) is 3.87. The molecule has 1 aromatic rings. The summed E-state index contributed by atoms with van der Waals surface area (Å²) in [7, 11) is 0. The lowest BCUT2D eigenvalue weighted by molar-refractivity contribution is -0.154. The Bertz CT molecular complexity index is 749. The number of pyridine rings is 1. The molecule has 0 N–H and O–H groups in total. The molecule has 2 fully saturated rings. The molecule has 0 spiro atoms. The number of hydrogen-bond donors (Lipinski definition) is 0. The Morgan fingerprint density at radius 3 is 2.00 bits per heavy atom. The van der Waals surface area contributed by atoms with Crippen molar-refractivity contribution in [1.29, 1.82) is 0 Å². The van der Waals surface area contributed by atoms with E-state index in [2.05, 4.69) is 11.6 Å². The lowest BCUT2D eigenvalue weighted by Gasteiger charge is -2.36. The van der Waals surface area contributed by atoms with Crippen molar-refractivity contribution in [3.8, 4) is 5.88 Å². The molecule has 1 aromatic heterocycles. The molecule has 0 unspecified atom stereocenters. The summed E-state index contributed by atoms with van der Waals surface area (Å²) in [5.74, 6) is 0.543. The molecule has 1 heterocycles. The van der Waals surface area contributed by atoms with E-state index in [1.807, 2.05) is 0 Å². The highest BCUT2D eigenvalue weighted by molar-refractivity contribution is 5.81. The molecule has 3 rings (SSSR count). The van der Waals surface area contributed by atoms with Gasteiger partial charge in [-0.2, -0.15) is 0 Å². The highest BCUT2D eigenvalue weighted by Gasteiger charge is 2.35. The van der Waals surface area contributed by atoms with Crippen molar-refractivity contribution in [1.82, 2.24) is 4.98 Å². The molecule has 31 heavy (non-hydrogen) atoms.